The molecule has 0 bridgehead atoms. The smallest absolute Gasteiger partial charge is 0.160 e. The van der Waals surface area contributed by atoms with Crippen molar-refractivity contribution in [3.05, 3.63) is 206 Å². The summed E-state index contributed by atoms with van der Waals surface area (Å²) in [6.07, 6.45) is 0. The molecule has 5 heteroatoms. The summed E-state index contributed by atoms with van der Waals surface area (Å²) in [5.41, 5.74) is 13.1. The highest BCUT2D eigenvalue weighted by molar-refractivity contribution is 7.27. The Bertz CT molecular complexity index is 3860. The van der Waals surface area contributed by atoms with Gasteiger partial charge in [-0.05, 0) is 60.2 Å². The number of aromatic nitrogens is 4. The number of hydrogen-bond donors (Lipinski definition) is 0. The fourth-order valence-electron chi connectivity index (χ4n) is 9.72. The Balaban J connectivity index is 1.19. The molecule has 0 aliphatic carbocycles. The van der Waals surface area contributed by atoms with Gasteiger partial charge in [0.05, 0.1) is 39.0 Å². The molecular weight excluding hydrogens is 761 g/mol. The zero-order valence-electron chi connectivity index (χ0n) is 32.8. The molecule has 4 heterocycles. The summed E-state index contributed by atoms with van der Waals surface area (Å²) in [7, 11) is 0. The van der Waals surface area contributed by atoms with E-state index in [1.165, 1.54) is 63.8 Å². The maximum atomic E-state index is 5.31. The van der Waals surface area contributed by atoms with E-state index in [1.54, 1.807) is 0 Å². The molecule has 4 aromatic heterocycles. The van der Waals surface area contributed by atoms with Crippen LogP contribution in [0.4, 0.5) is 0 Å². The maximum absolute atomic E-state index is 5.31. The number of nitrogens with zero attached hydrogens (tertiary/aromatic N) is 4. The molecule has 4 nitrogen and oxygen atoms in total. The Morgan fingerprint density at radius 3 is 1.70 bits per heavy atom. The minimum Gasteiger partial charge on any atom is -0.308 e. The van der Waals surface area contributed by atoms with Crippen molar-refractivity contribution in [3.8, 4) is 45.1 Å². The molecule has 284 valence electrons. The highest BCUT2D eigenvalue weighted by Crippen LogP contribution is 2.51. The lowest BCUT2D eigenvalue weighted by Crippen LogP contribution is -2.00. The standard InChI is InChI=1S/C56H34N4S/c1-4-18-35(19-5-1)43-34-37(56-57-44-28-14-10-24-39(44)52(58-56)36-20-6-2-7-21-36)32-33-47(43)60-46-30-16-12-26-41(46)50-54(60)49-40-25-11-15-29-45(40)59(38-22-8-3-9-23-38)53(49)51-42-27-13-17-31-48(42)61-55(50)51/h1-34H. The molecule has 0 spiro atoms. The van der Waals surface area contributed by atoms with E-state index < -0.39 is 0 Å². The Morgan fingerprint density at radius 1 is 0.393 bits per heavy atom. The van der Waals surface area contributed by atoms with Crippen LogP contribution in [0.3, 0.4) is 0 Å². The van der Waals surface area contributed by atoms with Crippen LogP contribution in [-0.4, -0.2) is 19.1 Å². The van der Waals surface area contributed by atoms with Gasteiger partial charge in [0.1, 0.15) is 0 Å². The zero-order valence-corrected chi connectivity index (χ0v) is 33.6. The quantitative estimate of drug-likeness (QED) is 0.174. The second-order valence-electron chi connectivity index (χ2n) is 15.7. The average molecular weight is 795 g/mol. The third kappa shape index (κ3) is 5.05. The largest absolute Gasteiger partial charge is 0.308 e. The first-order chi connectivity index (χ1) is 30.3. The molecular formula is C56H34N4S. The van der Waals surface area contributed by atoms with E-state index in [4.69, 9.17) is 9.97 Å². The molecule has 0 unspecified atom stereocenters. The van der Waals surface area contributed by atoms with Crippen molar-refractivity contribution in [2.24, 2.45) is 0 Å². The van der Waals surface area contributed by atoms with E-state index in [2.05, 4.69) is 209 Å². The SMILES string of the molecule is c1ccc(-c2cc(-c3nc(-c4ccccc4)c4ccccc4n3)ccc2-n2c3ccccc3c3c4sc5ccccc5c4c4c(c5ccccc5n4-c4ccccc4)c32)cc1. The number of fused-ring (bicyclic) bond motifs is 13. The number of thiophene rings is 1. The Morgan fingerprint density at radius 2 is 0.951 bits per heavy atom. The first kappa shape index (κ1) is 34.0. The predicted octanol–water partition coefficient (Wildman–Crippen LogP) is 15.2. The van der Waals surface area contributed by atoms with Gasteiger partial charge in [-0.2, -0.15) is 0 Å². The average Bonchev–Trinajstić information content (AvgIpc) is 4.00. The highest BCUT2D eigenvalue weighted by atomic mass is 32.1. The Hall–Kier alpha value is -7.86. The maximum Gasteiger partial charge on any atom is 0.160 e. The molecule has 0 aliphatic heterocycles. The van der Waals surface area contributed by atoms with Gasteiger partial charge in [0, 0.05) is 69.5 Å². The van der Waals surface area contributed by atoms with E-state index in [9.17, 15) is 0 Å². The van der Waals surface area contributed by atoms with Crippen LogP contribution in [-0.2, 0) is 0 Å². The van der Waals surface area contributed by atoms with E-state index in [1.807, 2.05) is 17.4 Å². The lowest BCUT2D eigenvalue weighted by atomic mass is 9.99. The molecule has 61 heavy (non-hydrogen) atoms. The van der Waals surface area contributed by atoms with Crippen LogP contribution in [0, 0.1) is 0 Å². The second-order valence-corrected chi connectivity index (χ2v) is 16.7. The lowest BCUT2D eigenvalue weighted by molar-refractivity contribution is 1.18. The summed E-state index contributed by atoms with van der Waals surface area (Å²) in [6, 6.07) is 74.0. The van der Waals surface area contributed by atoms with Gasteiger partial charge < -0.3 is 9.13 Å². The van der Waals surface area contributed by atoms with Gasteiger partial charge in [0.2, 0.25) is 0 Å². The van der Waals surface area contributed by atoms with Crippen molar-refractivity contribution in [1.82, 2.24) is 19.1 Å². The minimum atomic E-state index is 0.698. The number of benzene rings is 9. The van der Waals surface area contributed by atoms with Gasteiger partial charge >= 0.3 is 0 Å². The Labute approximate surface area is 354 Å². The van der Waals surface area contributed by atoms with Gasteiger partial charge in [-0.15, -0.1) is 11.3 Å². The number of hydrogen-bond acceptors (Lipinski definition) is 3. The molecule has 0 saturated heterocycles. The molecule has 0 aliphatic rings. The van der Waals surface area contributed by atoms with Crippen LogP contribution in [0.5, 0.6) is 0 Å². The van der Waals surface area contributed by atoms with Crippen molar-refractivity contribution in [2.75, 3.05) is 0 Å². The predicted molar refractivity (Wildman–Crippen MR) is 257 cm³/mol. The summed E-state index contributed by atoms with van der Waals surface area (Å²) in [5.74, 6) is 0.698. The van der Waals surface area contributed by atoms with Crippen molar-refractivity contribution >= 4 is 86.0 Å². The summed E-state index contributed by atoms with van der Waals surface area (Å²) < 4.78 is 7.62. The first-order valence-corrected chi connectivity index (χ1v) is 21.5. The van der Waals surface area contributed by atoms with E-state index >= 15 is 0 Å². The van der Waals surface area contributed by atoms with E-state index in [0.29, 0.717) is 5.82 Å². The molecule has 9 aromatic carbocycles. The summed E-state index contributed by atoms with van der Waals surface area (Å²) in [6.45, 7) is 0. The van der Waals surface area contributed by atoms with Crippen molar-refractivity contribution in [2.45, 2.75) is 0 Å². The van der Waals surface area contributed by atoms with Crippen molar-refractivity contribution in [3.63, 3.8) is 0 Å². The summed E-state index contributed by atoms with van der Waals surface area (Å²) in [5, 5.41) is 8.61. The lowest BCUT2D eigenvalue weighted by Gasteiger charge is -2.17. The summed E-state index contributed by atoms with van der Waals surface area (Å²) >= 11 is 1.90. The third-order valence-electron chi connectivity index (χ3n) is 12.3. The van der Waals surface area contributed by atoms with Crippen LogP contribution in [0.1, 0.15) is 0 Å². The second kappa shape index (κ2) is 13.3. The monoisotopic (exact) mass is 794 g/mol. The number of rotatable bonds is 5. The fraction of sp³-hybridized carbons (Fsp3) is 0. The molecule has 0 radical (unpaired) electrons. The van der Waals surface area contributed by atoms with E-state index in [-0.39, 0.29) is 0 Å². The molecule has 0 amide bonds. The van der Waals surface area contributed by atoms with Crippen LogP contribution in [0.15, 0.2) is 206 Å². The third-order valence-corrected chi connectivity index (χ3v) is 13.5. The van der Waals surface area contributed by atoms with Crippen molar-refractivity contribution in [1.29, 1.82) is 0 Å². The van der Waals surface area contributed by atoms with Crippen molar-refractivity contribution < 1.29 is 0 Å². The molecule has 13 aromatic rings. The Kier molecular flexibility index (Phi) is 7.44. The van der Waals surface area contributed by atoms with E-state index in [0.717, 1.165) is 50.2 Å². The topological polar surface area (TPSA) is 35.6 Å². The van der Waals surface area contributed by atoms with Crippen LogP contribution >= 0.6 is 11.3 Å². The van der Waals surface area contributed by atoms with Crippen LogP contribution in [0.25, 0.3) is 120 Å². The van der Waals surface area contributed by atoms with Crippen LogP contribution < -0.4 is 0 Å². The molecule has 0 fully saturated rings. The van der Waals surface area contributed by atoms with Gasteiger partial charge in [0.15, 0.2) is 5.82 Å². The fourth-order valence-corrected chi connectivity index (χ4v) is 11.0. The highest BCUT2D eigenvalue weighted by Gasteiger charge is 2.27. The van der Waals surface area contributed by atoms with Gasteiger partial charge in [-0.3, -0.25) is 0 Å². The molecule has 13 rings (SSSR count). The normalized spacial score (nSPS) is 11.9. The minimum absolute atomic E-state index is 0.698. The van der Waals surface area contributed by atoms with Gasteiger partial charge in [-0.25, -0.2) is 9.97 Å². The molecule has 0 saturated carbocycles. The summed E-state index contributed by atoms with van der Waals surface area (Å²) in [4.78, 5) is 10.5. The zero-order chi connectivity index (χ0) is 40.0. The molecule has 0 atom stereocenters. The first-order valence-electron chi connectivity index (χ1n) is 20.7. The molecule has 0 N–H and O–H groups in total. The number of para-hydroxylation sites is 4. The van der Waals surface area contributed by atoms with Gasteiger partial charge in [-0.1, -0.05) is 152 Å². The van der Waals surface area contributed by atoms with Gasteiger partial charge in [0.25, 0.3) is 0 Å². The van der Waals surface area contributed by atoms with Crippen LogP contribution in [0.2, 0.25) is 0 Å².